The fraction of sp³-hybridized carbons (Fsp3) is 0.571. The Morgan fingerprint density at radius 1 is 1.35 bits per heavy atom. The van der Waals surface area contributed by atoms with E-state index in [1.54, 1.807) is 0 Å². The fourth-order valence-electron chi connectivity index (χ4n) is 2.42. The van der Waals surface area contributed by atoms with Crippen LogP contribution in [-0.4, -0.2) is 30.6 Å². The Morgan fingerprint density at radius 2 is 2.12 bits per heavy atom. The highest BCUT2D eigenvalue weighted by atomic mass is 35.5. The summed E-state index contributed by atoms with van der Waals surface area (Å²) in [6.45, 7) is 11.2. The number of halogens is 1. The van der Waals surface area contributed by atoms with Gasteiger partial charge in [-0.1, -0.05) is 23.8 Å². The van der Waals surface area contributed by atoms with Crippen LogP contribution >= 0.6 is 12.4 Å². The Labute approximate surface area is 111 Å². The lowest BCUT2D eigenvalue weighted by molar-refractivity contribution is 0.199. The summed E-state index contributed by atoms with van der Waals surface area (Å²) in [6, 6.07) is 7.39. The molecule has 0 saturated carbocycles. The van der Waals surface area contributed by atoms with Crippen molar-refractivity contribution in [3.8, 4) is 0 Å². The predicted molar refractivity (Wildman–Crippen MR) is 75.9 cm³/mol. The summed E-state index contributed by atoms with van der Waals surface area (Å²) in [7, 11) is 0. The zero-order valence-corrected chi connectivity index (χ0v) is 11.8. The second kappa shape index (κ2) is 6.39. The summed E-state index contributed by atoms with van der Waals surface area (Å²) >= 11 is 0. The van der Waals surface area contributed by atoms with Gasteiger partial charge in [0.2, 0.25) is 0 Å². The summed E-state index contributed by atoms with van der Waals surface area (Å²) in [5.41, 5.74) is 4.25. The van der Waals surface area contributed by atoms with Crippen molar-refractivity contribution < 1.29 is 0 Å². The number of hydrogen-bond acceptors (Lipinski definition) is 2. The number of piperazine rings is 1. The molecule has 96 valence electrons. The largest absolute Gasteiger partial charge is 0.312 e. The van der Waals surface area contributed by atoms with Crippen LogP contribution in [0.25, 0.3) is 0 Å². The number of hydrogen-bond donors (Lipinski definition) is 1. The van der Waals surface area contributed by atoms with Crippen LogP contribution in [0.1, 0.15) is 23.6 Å². The summed E-state index contributed by atoms with van der Waals surface area (Å²) < 4.78 is 0. The second-order valence-corrected chi connectivity index (χ2v) is 5.02. The minimum atomic E-state index is 0. The zero-order chi connectivity index (χ0) is 11.5. The molecule has 1 aliphatic rings. The highest BCUT2D eigenvalue weighted by Gasteiger charge is 2.15. The van der Waals surface area contributed by atoms with Crippen molar-refractivity contribution in [2.75, 3.05) is 19.6 Å². The van der Waals surface area contributed by atoms with E-state index >= 15 is 0 Å². The first kappa shape index (κ1) is 14.5. The third-order valence-corrected chi connectivity index (χ3v) is 3.34. The third-order valence-electron chi connectivity index (χ3n) is 3.34. The van der Waals surface area contributed by atoms with Crippen LogP contribution in [0.15, 0.2) is 18.2 Å². The van der Waals surface area contributed by atoms with Gasteiger partial charge in [0.1, 0.15) is 0 Å². The van der Waals surface area contributed by atoms with Gasteiger partial charge in [-0.3, -0.25) is 4.90 Å². The first-order chi connectivity index (χ1) is 7.65. The fourth-order valence-corrected chi connectivity index (χ4v) is 2.42. The van der Waals surface area contributed by atoms with Crippen molar-refractivity contribution in [1.82, 2.24) is 10.2 Å². The topological polar surface area (TPSA) is 15.3 Å². The van der Waals surface area contributed by atoms with Gasteiger partial charge in [0, 0.05) is 32.2 Å². The molecule has 0 aliphatic carbocycles. The van der Waals surface area contributed by atoms with Crippen LogP contribution in [0.3, 0.4) is 0 Å². The Bertz CT molecular complexity index is 365. The lowest BCUT2D eigenvalue weighted by atomic mass is 10.0. The molecule has 1 saturated heterocycles. The second-order valence-electron chi connectivity index (χ2n) is 5.02. The molecule has 1 fully saturated rings. The molecule has 1 aliphatic heterocycles. The van der Waals surface area contributed by atoms with Crippen molar-refractivity contribution in [2.45, 2.75) is 33.4 Å². The van der Waals surface area contributed by atoms with E-state index in [1.807, 2.05) is 0 Å². The molecule has 2 rings (SSSR count). The van der Waals surface area contributed by atoms with E-state index in [0.717, 1.165) is 26.2 Å². The van der Waals surface area contributed by atoms with Gasteiger partial charge >= 0.3 is 0 Å². The van der Waals surface area contributed by atoms with Crippen LogP contribution < -0.4 is 5.32 Å². The Kier molecular flexibility index (Phi) is 5.44. The van der Waals surface area contributed by atoms with Crippen LogP contribution in [-0.2, 0) is 6.54 Å². The molecule has 1 atom stereocenters. The maximum absolute atomic E-state index is 3.48. The van der Waals surface area contributed by atoms with Crippen molar-refractivity contribution in [3.05, 3.63) is 34.9 Å². The van der Waals surface area contributed by atoms with Crippen molar-refractivity contribution in [2.24, 2.45) is 0 Å². The van der Waals surface area contributed by atoms with Crippen LogP contribution in [0.5, 0.6) is 0 Å². The molecule has 1 aromatic rings. The Hall–Kier alpha value is -0.570. The summed E-state index contributed by atoms with van der Waals surface area (Å²) in [5, 5.41) is 3.48. The first-order valence-corrected chi connectivity index (χ1v) is 6.17. The minimum absolute atomic E-state index is 0. The lowest BCUT2D eigenvalue weighted by Gasteiger charge is -2.32. The highest BCUT2D eigenvalue weighted by molar-refractivity contribution is 5.85. The van der Waals surface area contributed by atoms with E-state index in [2.05, 4.69) is 49.2 Å². The zero-order valence-electron chi connectivity index (χ0n) is 11.0. The molecule has 1 heterocycles. The highest BCUT2D eigenvalue weighted by Crippen LogP contribution is 2.14. The SMILES string of the molecule is Cc1ccc(CN2CCNC(C)C2)c(C)c1.Cl. The standard InChI is InChI=1S/C14H22N2.ClH/c1-11-4-5-14(12(2)8-11)10-16-7-6-15-13(3)9-16;/h4-5,8,13,15H,6-7,9-10H2,1-3H3;1H. The third kappa shape index (κ3) is 3.98. The van der Waals surface area contributed by atoms with E-state index in [-0.39, 0.29) is 12.4 Å². The van der Waals surface area contributed by atoms with Gasteiger partial charge in [-0.15, -0.1) is 12.4 Å². The number of benzene rings is 1. The molecular weight excluding hydrogens is 232 g/mol. The van der Waals surface area contributed by atoms with E-state index in [1.165, 1.54) is 16.7 Å². The Balaban J connectivity index is 0.00000144. The molecule has 0 amide bonds. The molecule has 0 aromatic heterocycles. The van der Waals surface area contributed by atoms with Crippen molar-refractivity contribution in [1.29, 1.82) is 0 Å². The minimum Gasteiger partial charge on any atom is -0.312 e. The average molecular weight is 255 g/mol. The van der Waals surface area contributed by atoms with Gasteiger partial charge in [0.05, 0.1) is 0 Å². The normalized spacial score (nSPS) is 21.0. The van der Waals surface area contributed by atoms with E-state index < -0.39 is 0 Å². The van der Waals surface area contributed by atoms with E-state index in [4.69, 9.17) is 0 Å². The molecular formula is C14H23ClN2. The van der Waals surface area contributed by atoms with Gasteiger partial charge in [-0.05, 0) is 31.9 Å². The molecule has 17 heavy (non-hydrogen) atoms. The van der Waals surface area contributed by atoms with Crippen molar-refractivity contribution >= 4 is 12.4 Å². The molecule has 0 radical (unpaired) electrons. The summed E-state index contributed by atoms with van der Waals surface area (Å²) in [4.78, 5) is 2.54. The molecule has 1 N–H and O–H groups in total. The lowest BCUT2D eigenvalue weighted by Crippen LogP contribution is -2.48. The van der Waals surface area contributed by atoms with Gasteiger partial charge in [-0.25, -0.2) is 0 Å². The first-order valence-electron chi connectivity index (χ1n) is 6.17. The number of nitrogens with zero attached hydrogens (tertiary/aromatic N) is 1. The number of rotatable bonds is 2. The van der Waals surface area contributed by atoms with Crippen LogP contribution in [0, 0.1) is 13.8 Å². The molecule has 1 aromatic carbocycles. The number of aryl methyl sites for hydroxylation is 2. The van der Waals surface area contributed by atoms with E-state index in [0.29, 0.717) is 6.04 Å². The number of nitrogens with one attached hydrogen (secondary N) is 1. The maximum Gasteiger partial charge on any atom is 0.0237 e. The van der Waals surface area contributed by atoms with Crippen LogP contribution in [0.4, 0.5) is 0 Å². The summed E-state index contributed by atoms with van der Waals surface area (Å²) in [5.74, 6) is 0. The molecule has 0 bridgehead atoms. The van der Waals surface area contributed by atoms with Gasteiger partial charge in [0.15, 0.2) is 0 Å². The molecule has 3 heteroatoms. The van der Waals surface area contributed by atoms with Crippen LogP contribution in [0.2, 0.25) is 0 Å². The molecule has 0 spiro atoms. The quantitative estimate of drug-likeness (QED) is 0.873. The van der Waals surface area contributed by atoms with E-state index in [9.17, 15) is 0 Å². The molecule has 1 unspecified atom stereocenters. The smallest absolute Gasteiger partial charge is 0.0237 e. The monoisotopic (exact) mass is 254 g/mol. The maximum atomic E-state index is 3.48. The van der Waals surface area contributed by atoms with Gasteiger partial charge < -0.3 is 5.32 Å². The predicted octanol–water partition coefficient (Wildman–Crippen LogP) is 2.52. The van der Waals surface area contributed by atoms with Gasteiger partial charge in [0.25, 0.3) is 0 Å². The summed E-state index contributed by atoms with van der Waals surface area (Å²) in [6.07, 6.45) is 0. The average Bonchev–Trinajstić information content (AvgIpc) is 2.22. The van der Waals surface area contributed by atoms with Gasteiger partial charge in [-0.2, -0.15) is 0 Å². The Morgan fingerprint density at radius 3 is 2.76 bits per heavy atom. The molecule has 2 nitrogen and oxygen atoms in total. The van der Waals surface area contributed by atoms with Crippen molar-refractivity contribution in [3.63, 3.8) is 0 Å².